The Kier molecular flexibility index (Phi) is 6.28. The zero-order valence-electron chi connectivity index (χ0n) is 7.76. The number of nitrogens with one attached hydrogen (secondary N) is 1. The van der Waals surface area contributed by atoms with Gasteiger partial charge in [0.1, 0.15) is 5.84 Å². The SMILES string of the molecule is COCCCCC(=N)N=C(C)N. The molecule has 0 amide bonds. The molecule has 0 fully saturated rings. The maximum absolute atomic E-state index is 7.35. The molecule has 0 aromatic rings. The monoisotopic (exact) mass is 171 g/mol. The van der Waals surface area contributed by atoms with Gasteiger partial charge in [-0.2, -0.15) is 0 Å². The lowest BCUT2D eigenvalue weighted by Crippen LogP contribution is -2.08. The third-order valence-electron chi connectivity index (χ3n) is 1.32. The number of aliphatic imine (C=N–C) groups is 1. The van der Waals surface area contributed by atoms with Gasteiger partial charge in [0, 0.05) is 20.1 Å². The summed E-state index contributed by atoms with van der Waals surface area (Å²) in [6, 6.07) is 0. The number of hydrogen-bond acceptors (Lipinski definition) is 2. The summed E-state index contributed by atoms with van der Waals surface area (Å²) in [5.74, 6) is 0.804. The number of unbranched alkanes of at least 4 members (excludes halogenated alkanes) is 1. The van der Waals surface area contributed by atoms with Gasteiger partial charge in [-0.25, -0.2) is 4.99 Å². The number of nitrogens with two attached hydrogens (primary N) is 1. The second-order valence-corrected chi connectivity index (χ2v) is 2.65. The molecule has 0 atom stereocenters. The van der Waals surface area contributed by atoms with Crippen LogP contribution in [-0.4, -0.2) is 25.4 Å². The van der Waals surface area contributed by atoms with Crippen molar-refractivity contribution < 1.29 is 4.74 Å². The highest BCUT2D eigenvalue weighted by atomic mass is 16.5. The molecule has 0 aliphatic rings. The highest BCUT2D eigenvalue weighted by Crippen LogP contribution is 1.97. The summed E-state index contributed by atoms with van der Waals surface area (Å²) in [7, 11) is 1.67. The largest absolute Gasteiger partial charge is 0.387 e. The first-order chi connectivity index (χ1) is 5.66. The van der Waals surface area contributed by atoms with Gasteiger partial charge in [-0.1, -0.05) is 0 Å². The second-order valence-electron chi connectivity index (χ2n) is 2.65. The molecule has 70 valence electrons. The van der Waals surface area contributed by atoms with Crippen LogP contribution in [0.3, 0.4) is 0 Å². The summed E-state index contributed by atoms with van der Waals surface area (Å²) >= 11 is 0. The van der Waals surface area contributed by atoms with E-state index in [1.807, 2.05) is 0 Å². The number of nitrogens with zero attached hydrogens (tertiary/aromatic N) is 1. The van der Waals surface area contributed by atoms with E-state index < -0.39 is 0 Å². The van der Waals surface area contributed by atoms with Crippen LogP contribution in [-0.2, 0) is 4.74 Å². The minimum absolute atomic E-state index is 0.353. The summed E-state index contributed by atoms with van der Waals surface area (Å²) in [5.41, 5.74) is 5.31. The average Bonchev–Trinajstić information content (AvgIpc) is 1.97. The lowest BCUT2D eigenvalue weighted by Gasteiger charge is -1.98. The van der Waals surface area contributed by atoms with Crippen LogP contribution in [0.25, 0.3) is 0 Å². The van der Waals surface area contributed by atoms with Gasteiger partial charge in [-0.05, 0) is 19.8 Å². The Morgan fingerprint density at radius 2 is 2.17 bits per heavy atom. The number of methoxy groups -OCH3 is 1. The van der Waals surface area contributed by atoms with Gasteiger partial charge < -0.3 is 10.5 Å². The smallest absolute Gasteiger partial charge is 0.122 e. The van der Waals surface area contributed by atoms with E-state index in [2.05, 4.69) is 4.99 Å². The molecule has 0 unspecified atom stereocenters. The number of ether oxygens (including phenoxy) is 1. The molecule has 3 N–H and O–H groups in total. The van der Waals surface area contributed by atoms with Crippen molar-refractivity contribution in [2.75, 3.05) is 13.7 Å². The van der Waals surface area contributed by atoms with Crippen LogP contribution >= 0.6 is 0 Å². The molecule has 0 spiro atoms. The van der Waals surface area contributed by atoms with Crippen molar-refractivity contribution in [3.05, 3.63) is 0 Å². The summed E-state index contributed by atoms with van der Waals surface area (Å²) in [6.45, 7) is 2.43. The van der Waals surface area contributed by atoms with Crippen molar-refractivity contribution in [3.63, 3.8) is 0 Å². The molecular weight excluding hydrogens is 154 g/mol. The average molecular weight is 171 g/mol. The van der Waals surface area contributed by atoms with Crippen LogP contribution < -0.4 is 5.73 Å². The third kappa shape index (κ3) is 7.21. The minimum atomic E-state index is 0.353. The van der Waals surface area contributed by atoms with E-state index in [1.165, 1.54) is 0 Å². The van der Waals surface area contributed by atoms with E-state index in [0.29, 0.717) is 18.1 Å². The first kappa shape index (κ1) is 11.1. The van der Waals surface area contributed by atoms with Gasteiger partial charge in [0.15, 0.2) is 0 Å². The lowest BCUT2D eigenvalue weighted by molar-refractivity contribution is 0.193. The third-order valence-corrected chi connectivity index (χ3v) is 1.32. The summed E-state index contributed by atoms with van der Waals surface area (Å²) in [4.78, 5) is 3.81. The van der Waals surface area contributed by atoms with Crippen LogP contribution in [0.5, 0.6) is 0 Å². The molecule has 0 radical (unpaired) electrons. The van der Waals surface area contributed by atoms with E-state index in [-0.39, 0.29) is 0 Å². The Bertz CT molecular complexity index is 162. The van der Waals surface area contributed by atoms with Gasteiger partial charge in [0.2, 0.25) is 0 Å². The van der Waals surface area contributed by atoms with Crippen molar-refractivity contribution >= 4 is 11.7 Å². The maximum atomic E-state index is 7.35. The first-order valence-electron chi connectivity index (χ1n) is 4.04. The summed E-state index contributed by atoms with van der Waals surface area (Å²) in [5, 5.41) is 7.35. The molecular formula is C8H17N3O. The van der Waals surface area contributed by atoms with Crippen molar-refractivity contribution in [2.24, 2.45) is 10.7 Å². The quantitative estimate of drug-likeness (QED) is 0.370. The minimum Gasteiger partial charge on any atom is -0.387 e. The molecule has 0 aliphatic heterocycles. The Labute approximate surface area is 73.3 Å². The highest BCUT2D eigenvalue weighted by Gasteiger charge is 1.94. The molecule has 4 heteroatoms. The highest BCUT2D eigenvalue weighted by molar-refractivity contribution is 5.93. The fourth-order valence-corrected chi connectivity index (χ4v) is 0.808. The van der Waals surface area contributed by atoms with E-state index in [9.17, 15) is 0 Å². The van der Waals surface area contributed by atoms with Crippen molar-refractivity contribution in [3.8, 4) is 0 Å². The van der Waals surface area contributed by atoms with Crippen LogP contribution in [0.4, 0.5) is 0 Å². The van der Waals surface area contributed by atoms with Crippen molar-refractivity contribution in [1.82, 2.24) is 0 Å². The zero-order chi connectivity index (χ0) is 9.40. The zero-order valence-corrected chi connectivity index (χ0v) is 7.76. The standard InChI is InChI=1S/C8H17N3O/c1-7(9)11-8(10)5-3-4-6-12-2/h3-6H2,1-2H3,(H3,9,10,11). The van der Waals surface area contributed by atoms with Crippen LogP contribution in [0.2, 0.25) is 0 Å². The fourth-order valence-electron chi connectivity index (χ4n) is 0.808. The van der Waals surface area contributed by atoms with E-state index in [4.69, 9.17) is 15.9 Å². The molecule has 4 nitrogen and oxygen atoms in total. The second kappa shape index (κ2) is 6.79. The van der Waals surface area contributed by atoms with Crippen LogP contribution in [0.15, 0.2) is 4.99 Å². The first-order valence-corrected chi connectivity index (χ1v) is 4.04. The van der Waals surface area contributed by atoms with Gasteiger partial charge in [-0.3, -0.25) is 5.41 Å². The fraction of sp³-hybridized carbons (Fsp3) is 0.750. The van der Waals surface area contributed by atoms with Gasteiger partial charge >= 0.3 is 0 Å². The van der Waals surface area contributed by atoms with E-state index in [1.54, 1.807) is 14.0 Å². The van der Waals surface area contributed by atoms with E-state index >= 15 is 0 Å². The number of hydrogen-bond donors (Lipinski definition) is 2. The van der Waals surface area contributed by atoms with E-state index in [0.717, 1.165) is 19.4 Å². The predicted molar refractivity (Wildman–Crippen MR) is 50.8 cm³/mol. The Hall–Kier alpha value is -0.900. The van der Waals surface area contributed by atoms with Crippen molar-refractivity contribution in [2.45, 2.75) is 26.2 Å². The summed E-state index contributed by atoms with van der Waals surface area (Å²) < 4.78 is 4.87. The molecule has 0 heterocycles. The van der Waals surface area contributed by atoms with Gasteiger partial charge in [0.05, 0.1) is 5.84 Å². The molecule has 0 aromatic carbocycles. The van der Waals surface area contributed by atoms with Crippen LogP contribution in [0.1, 0.15) is 26.2 Å². The topological polar surface area (TPSA) is 71.5 Å². The van der Waals surface area contributed by atoms with Gasteiger partial charge in [0.25, 0.3) is 0 Å². The normalized spacial score (nSPS) is 11.7. The predicted octanol–water partition coefficient (Wildman–Crippen LogP) is 1.16. The number of amidine groups is 2. The van der Waals surface area contributed by atoms with Gasteiger partial charge in [-0.15, -0.1) is 0 Å². The maximum Gasteiger partial charge on any atom is 0.122 e. The molecule has 12 heavy (non-hydrogen) atoms. The van der Waals surface area contributed by atoms with Crippen molar-refractivity contribution in [1.29, 1.82) is 5.41 Å². The summed E-state index contributed by atoms with van der Waals surface area (Å²) in [6.07, 6.45) is 2.58. The lowest BCUT2D eigenvalue weighted by atomic mass is 10.2. The number of rotatable bonds is 5. The molecule has 0 bridgehead atoms. The van der Waals surface area contributed by atoms with Crippen LogP contribution in [0, 0.1) is 5.41 Å². The Morgan fingerprint density at radius 3 is 2.67 bits per heavy atom. The Balaban J connectivity index is 3.39. The molecule has 0 aliphatic carbocycles. The molecule has 0 rings (SSSR count). The molecule has 0 saturated heterocycles. The molecule has 0 aromatic heterocycles. The molecule has 0 saturated carbocycles. The Morgan fingerprint density at radius 1 is 1.50 bits per heavy atom.